The second-order valence-electron chi connectivity index (χ2n) is 5.36. The lowest BCUT2D eigenvalue weighted by Crippen LogP contribution is -2.40. The molecule has 0 spiro atoms. The van der Waals surface area contributed by atoms with E-state index in [2.05, 4.69) is 11.8 Å². The maximum Gasteiger partial charge on any atom is 0.128 e. The maximum atomic E-state index is 14.0. The van der Waals surface area contributed by atoms with E-state index in [4.69, 9.17) is 10.5 Å². The first-order valence-electron chi connectivity index (χ1n) is 7.60. The van der Waals surface area contributed by atoms with Crippen LogP contribution in [0.4, 0.5) is 10.1 Å². The number of nitrogens with zero attached hydrogens (tertiary/aromatic N) is 1. The summed E-state index contributed by atoms with van der Waals surface area (Å²) in [6, 6.07) is 5.29. The van der Waals surface area contributed by atoms with Crippen molar-refractivity contribution in [3.8, 4) is 0 Å². The fourth-order valence-corrected chi connectivity index (χ4v) is 2.81. The van der Waals surface area contributed by atoms with Crippen molar-refractivity contribution in [2.24, 2.45) is 5.73 Å². The van der Waals surface area contributed by atoms with Gasteiger partial charge in [0.2, 0.25) is 0 Å². The molecule has 0 aliphatic carbocycles. The number of hydrogen-bond donors (Lipinski definition) is 1. The van der Waals surface area contributed by atoms with Crippen molar-refractivity contribution in [1.82, 2.24) is 0 Å². The summed E-state index contributed by atoms with van der Waals surface area (Å²) in [5.41, 5.74) is 7.34. The molecule has 4 heteroatoms. The molecule has 1 saturated heterocycles. The average molecular weight is 280 g/mol. The smallest absolute Gasteiger partial charge is 0.128 e. The van der Waals surface area contributed by atoms with E-state index in [0.29, 0.717) is 13.0 Å². The van der Waals surface area contributed by atoms with Gasteiger partial charge in [0, 0.05) is 30.9 Å². The molecule has 2 rings (SSSR count). The first-order valence-corrected chi connectivity index (χ1v) is 7.60. The number of ether oxygens (including phenoxy) is 1. The van der Waals surface area contributed by atoms with E-state index in [-0.39, 0.29) is 11.9 Å². The molecule has 1 aromatic rings. The highest BCUT2D eigenvalue weighted by Crippen LogP contribution is 2.27. The number of benzene rings is 1. The normalized spacial score (nSPS) is 19.4. The Hall–Kier alpha value is -1.13. The summed E-state index contributed by atoms with van der Waals surface area (Å²) in [7, 11) is 0. The van der Waals surface area contributed by atoms with Crippen LogP contribution in [0, 0.1) is 5.82 Å². The van der Waals surface area contributed by atoms with Crippen LogP contribution >= 0.6 is 0 Å². The second-order valence-corrected chi connectivity index (χ2v) is 5.36. The van der Waals surface area contributed by atoms with E-state index >= 15 is 0 Å². The van der Waals surface area contributed by atoms with Crippen molar-refractivity contribution in [3.63, 3.8) is 0 Å². The molecule has 20 heavy (non-hydrogen) atoms. The molecule has 0 bridgehead atoms. The topological polar surface area (TPSA) is 38.5 Å². The number of anilines is 1. The molecule has 0 saturated carbocycles. The Morgan fingerprint density at radius 1 is 1.45 bits per heavy atom. The maximum absolute atomic E-state index is 14.0. The lowest BCUT2D eigenvalue weighted by molar-refractivity contribution is 0.0440. The molecular formula is C16H25FN2O. The predicted octanol–water partition coefficient (Wildman–Crippen LogP) is 2.72. The van der Waals surface area contributed by atoms with E-state index in [1.165, 1.54) is 6.07 Å². The van der Waals surface area contributed by atoms with Gasteiger partial charge in [-0.1, -0.05) is 13.0 Å². The molecule has 1 atom stereocenters. The number of piperidine rings is 1. The standard InChI is InChI=1S/C16H25FN2O/c1-2-11-20-13-5-4-10-19(12-13)16-7-3-6-15(17)14(16)8-9-18/h3,6-7,13H,2,4-5,8-12,18H2,1H3. The van der Waals surface area contributed by atoms with Crippen LogP contribution in [0.2, 0.25) is 0 Å². The fourth-order valence-electron chi connectivity index (χ4n) is 2.81. The Kier molecular flexibility index (Phi) is 5.80. The molecule has 1 aliphatic rings. The summed E-state index contributed by atoms with van der Waals surface area (Å²) in [6.07, 6.45) is 4.07. The molecule has 112 valence electrons. The van der Waals surface area contributed by atoms with Gasteiger partial charge < -0.3 is 15.4 Å². The van der Waals surface area contributed by atoms with Crippen molar-refractivity contribution < 1.29 is 9.13 Å². The van der Waals surface area contributed by atoms with Gasteiger partial charge >= 0.3 is 0 Å². The summed E-state index contributed by atoms with van der Waals surface area (Å²) in [4.78, 5) is 2.25. The summed E-state index contributed by atoms with van der Waals surface area (Å²) in [6.45, 7) is 5.20. The van der Waals surface area contributed by atoms with Gasteiger partial charge in [0.05, 0.1) is 6.10 Å². The molecule has 1 heterocycles. The fraction of sp³-hybridized carbons (Fsp3) is 0.625. The van der Waals surface area contributed by atoms with E-state index < -0.39 is 0 Å². The van der Waals surface area contributed by atoms with Gasteiger partial charge in [0.15, 0.2) is 0 Å². The number of halogens is 1. The third-order valence-electron chi connectivity index (χ3n) is 3.76. The third kappa shape index (κ3) is 3.70. The Labute approximate surface area is 120 Å². The van der Waals surface area contributed by atoms with Gasteiger partial charge in [0.25, 0.3) is 0 Å². The molecule has 3 nitrogen and oxygen atoms in total. The van der Waals surface area contributed by atoms with Crippen LogP contribution in [0.5, 0.6) is 0 Å². The van der Waals surface area contributed by atoms with Crippen molar-refractivity contribution >= 4 is 5.69 Å². The van der Waals surface area contributed by atoms with Crippen LogP contribution in [0.1, 0.15) is 31.7 Å². The second kappa shape index (κ2) is 7.60. The number of rotatable bonds is 6. The van der Waals surface area contributed by atoms with Crippen LogP contribution in [-0.2, 0) is 11.2 Å². The zero-order valence-corrected chi connectivity index (χ0v) is 12.3. The molecular weight excluding hydrogens is 255 g/mol. The summed E-state index contributed by atoms with van der Waals surface area (Å²) < 4.78 is 19.8. The quantitative estimate of drug-likeness (QED) is 0.870. The monoisotopic (exact) mass is 280 g/mol. The van der Waals surface area contributed by atoms with E-state index in [0.717, 1.165) is 50.2 Å². The minimum absolute atomic E-state index is 0.149. The third-order valence-corrected chi connectivity index (χ3v) is 3.76. The highest BCUT2D eigenvalue weighted by molar-refractivity contribution is 5.55. The van der Waals surface area contributed by atoms with Gasteiger partial charge in [0.1, 0.15) is 5.82 Å². The van der Waals surface area contributed by atoms with Crippen LogP contribution < -0.4 is 10.6 Å². The minimum Gasteiger partial charge on any atom is -0.376 e. The highest BCUT2D eigenvalue weighted by Gasteiger charge is 2.22. The molecule has 1 unspecified atom stereocenters. The predicted molar refractivity (Wildman–Crippen MR) is 80.6 cm³/mol. The minimum atomic E-state index is -0.149. The van der Waals surface area contributed by atoms with Crippen molar-refractivity contribution in [1.29, 1.82) is 0 Å². The zero-order valence-electron chi connectivity index (χ0n) is 12.3. The van der Waals surface area contributed by atoms with Gasteiger partial charge in [-0.25, -0.2) is 4.39 Å². The zero-order chi connectivity index (χ0) is 14.4. The van der Waals surface area contributed by atoms with Crippen molar-refractivity contribution in [2.45, 2.75) is 38.7 Å². The lowest BCUT2D eigenvalue weighted by atomic mass is 10.0. The Balaban J connectivity index is 2.12. The van der Waals surface area contributed by atoms with E-state index in [1.54, 1.807) is 6.07 Å². The number of nitrogens with two attached hydrogens (primary N) is 1. The Morgan fingerprint density at radius 3 is 3.05 bits per heavy atom. The Morgan fingerprint density at radius 2 is 2.30 bits per heavy atom. The summed E-state index contributed by atoms with van der Waals surface area (Å²) >= 11 is 0. The van der Waals surface area contributed by atoms with Crippen LogP contribution in [0.3, 0.4) is 0 Å². The SMILES string of the molecule is CCCOC1CCCN(c2cccc(F)c2CCN)C1. The van der Waals surface area contributed by atoms with Gasteiger partial charge in [-0.2, -0.15) is 0 Å². The molecule has 1 aliphatic heterocycles. The van der Waals surface area contributed by atoms with E-state index in [9.17, 15) is 4.39 Å². The lowest BCUT2D eigenvalue weighted by Gasteiger charge is -2.35. The average Bonchev–Trinajstić information content (AvgIpc) is 2.48. The molecule has 1 fully saturated rings. The van der Waals surface area contributed by atoms with Crippen molar-refractivity contribution in [3.05, 3.63) is 29.6 Å². The first-order chi connectivity index (χ1) is 9.76. The molecule has 0 radical (unpaired) electrons. The van der Waals surface area contributed by atoms with Gasteiger partial charge in [-0.15, -0.1) is 0 Å². The van der Waals surface area contributed by atoms with Crippen LogP contribution in [-0.4, -0.2) is 32.3 Å². The molecule has 2 N–H and O–H groups in total. The molecule has 0 amide bonds. The highest BCUT2D eigenvalue weighted by atomic mass is 19.1. The largest absolute Gasteiger partial charge is 0.376 e. The van der Waals surface area contributed by atoms with Gasteiger partial charge in [-0.05, 0) is 44.4 Å². The van der Waals surface area contributed by atoms with Crippen LogP contribution in [0.25, 0.3) is 0 Å². The molecule has 0 aromatic heterocycles. The first kappa shape index (κ1) is 15.3. The van der Waals surface area contributed by atoms with Gasteiger partial charge in [-0.3, -0.25) is 0 Å². The number of hydrogen-bond acceptors (Lipinski definition) is 3. The Bertz CT molecular complexity index is 425. The summed E-state index contributed by atoms with van der Waals surface area (Å²) in [5, 5.41) is 0. The van der Waals surface area contributed by atoms with E-state index in [1.807, 2.05) is 6.07 Å². The van der Waals surface area contributed by atoms with Crippen molar-refractivity contribution in [2.75, 3.05) is 31.1 Å². The summed E-state index contributed by atoms with van der Waals surface area (Å²) in [5.74, 6) is -0.149. The van der Waals surface area contributed by atoms with Crippen LogP contribution in [0.15, 0.2) is 18.2 Å². The molecule has 1 aromatic carbocycles.